The van der Waals surface area contributed by atoms with Crippen molar-refractivity contribution in [2.24, 2.45) is 0 Å². The lowest BCUT2D eigenvalue weighted by Crippen LogP contribution is -2.42. The molecule has 9 nitrogen and oxygen atoms in total. The number of nitrogen functional groups attached to an aromatic ring is 1. The van der Waals surface area contributed by atoms with Gasteiger partial charge in [-0.25, -0.2) is 9.97 Å². The van der Waals surface area contributed by atoms with E-state index in [1.165, 1.54) is 6.33 Å². The number of aromatic nitrogens is 3. The molecule has 0 saturated carbocycles. The number of rotatable bonds is 9. The van der Waals surface area contributed by atoms with Crippen molar-refractivity contribution >= 4 is 39.7 Å². The second kappa shape index (κ2) is 11.4. The lowest BCUT2D eigenvalue weighted by Gasteiger charge is -2.23. The van der Waals surface area contributed by atoms with Gasteiger partial charge in [-0.15, -0.1) is 0 Å². The molecule has 0 radical (unpaired) electrons. The molecule has 1 atom stereocenters. The SMILES string of the molecule is Nc1cc2c(Nc3ccc(OCc4ccccn4)c(Cl)c3)ncnc2cc1OCCC1COCCN1. The fraction of sp³-hybridized carbons (Fsp3) is 0.269. The molecule has 2 aromatic carbocycles. The molecule has 4 aromatic rings. The average molecular weight is 507 g/mol. The van der Waals surface area contributed by atoms with E-state index in [4.69, 9.17) is 31.5 Å². The van der Waals surface area contributed by atoms with E-state index < -0.39 is 0 Å². The number of nitrogens with zero attached hydrogens (tertiary/aromatic N) is 3. The topological polar surface area (TPSA) is 116 Å². The predicted octanol–water partition coefficient (Wildman–Crippen LogP) is 4.34. The third-order valence-corrected chi connectivity index (χ3v) is 6.08. The van der Waals surface area contributed by atoms with Crippen LogP contribution in [0.15, 0.2) is 61.1 Å². The maximum atomic E-state index is 6.46. The molecule has 0 spiro atoms. The molecule has 0 amide bonds. The minimum Gasteiger partial charge on any atom is -0.491 e. The van der Waals surface area contributed by atoms with Gasteiger partial charge in [-0.05, 0) is 42.8 Å². The number of hydrogen-bond acceptors (Lipinski definition) is 9. The minimum atomic E-state index is 0.289. The highest BCUT2D eigenvalue weighted by molar-refractivity contribution is 6.32. The van der Waals surface area contributed by atoms with Crippen molar-refractivity contribution < 1.29 is 14.2 Å². The van der Waals surface area contributed by atoms with Gasteiger partial charge < -0.3 is 30.6 Å². The first-order valence-electron chi connectivity index (χ1n) is 11.7. The van der Waals surface area contributed by atoms with E-state index in [9.17, 15) is 0 Å². The number of morpholine rings is 1. The van der Waals surface area contributed by atoms with Crippen LogP contribution in [0.2, 0.25) is 5.02 Å². The average Bonchev–Trinajstić information content (AvgIpc) is 2.90. The van der Waals surface area contributed by atoms with Crippen LogP contribution >= 0.6 is 11.6 Å². The summed E-state index contributed by atoms with van der Waals surface area (Å²) in [6.45, 7) is 3.17. The maximum Gasteiger partial charge on any atom is 0.144 e. The Morgan fingerprint density at radius 1 is 1.08 bits per heavy atom. The van der Waals surface area contributed by atoms with Crippen molar-refractivity contribution in [2.75, 3.05) is 37.4 Å². The Morgan fingerprint density at radius 2 is 2.03 bits per heavy atom. The van der Waals surface area contributed by atoms with Crippen molar-refractivity contribution in [1.29, 1.82) is 0 Å². The van der Waals surface area contributed by atoms with Gasteiger partial charge in [0, 0.05) is 35.9 Å². The summed E-state index contributed by atoms with van der Waals surface area (Å²) in [6.07, 6.45) is 4.06. The number of fused-ring (bicyclic) bond motifs is 1. The molecule has 1 fully saturated rings. The number of nitrogens with one attached hydrogen (secondary N) is 2. The first-order chi connectivity index (χ1) is 17.7. The molecule has 10 heteroatoms. The molecule has 1 aliphatic rings. The van der Waals surface area contributed by atoms with Gasteiger partial charge in [0.2, 0.25) is 0 Å². The van der Waals surface area contributed by atoms with Crippen LogP contribution in [-0.2, 0) is 11.3 Å². The van der Waals surface area contributed by atoms with Gasteiger partial charge in [-0.3, -0.25) is 4.98 Å². The zero-order valence-electron chi connectivity index (χ0n) is 19.6. The zero-order valence-corrected chi connectivity index (χ0v) is 20.4. The van der Waals surface area contributed by atoms with Crippen molar-refractivity contribution in [3.05, 3.63) is 71.8 Å². The third-order valence-electron chi connectivity index (χ3n) is 5.79. The lowest BCUT2D eigenvalue weighted by molar-refractivity contribution is 0.0692. The Balaban J connectivity index is 1.26. The predicted molar refractivity (Wildman–Crippen MR) is 140 cm³/mol. The molecule has 186 valence electrons. The van der Waals surface area contributed by atoms with E-state index in [1.54, 1.807) is 12.3 Å². The van der Waals surface area contributed by atoms with Crippen LogP contribution in [0.1, 0.15) is 12.1 Å². The number of anilines is 3. The maximum absolute atomic E-state index is 6.46. The van der Waals surface area contributed by atoms with E-state index in [0.717, 1.165) is 41.9 Å². The van der Waals surface area contributed by atoms with Gasteiger partial charge >= 0.3 is 0 Å². The zero-order chi connectivity index (χ0) is 24.7. The number of halogens is 1. The van der Waals surface area contributed by atoms with Gasteiger partial charge in [-0.1, -0.05) is 17.7 Å². The van der Waals surface area contributed by atoms with Gasteiger partial charge in [-0.2, -0.15) is 0 Å². The summed E-state index contributed by atoms with van der Waals surface area (Å²) in [5, 5.41) is 7.97. The van der Waals surface area contributed by atoms with Crippen LogP contribution in [-0.4, -0.2) is 47.4 Å². The molecular formula is C26H27ClN6O3. The monoisotopic (exact) mass is 506 g/mol. The second-order valence-electron chi connectivity index (χ2n) is 8.37. The van der Waals surface area contributed by atoms with Crippen molar-refractivity contribution in [1.82, 2.24) is 20.3 Å². The van der Waals surface area contributed by atoms with E-state index >= 15 is 0 Å². The Kier molecular flexibility index (Phi) is 7.61. The summed E-state index contributed by atoms with van der Waals surface area (Å²) in [6, 6.07) is 15.1. The molecule has 1 saturated heterocycles. The van der Waals surface area contributed by atoms with Crippen molar-refractivity contribution in [3.63, 3.8) is 0 Å². The molecule has 5 rings (SSSR count). The largest absolute Gasteiger partial charge is 0.491 e. The summed E-state index contributed by atoms with van der Waals surface area (Å²) < 4.78 is 17.2. The summed E-state index contributed by atoms with van der Waals surface area (Å²) >= 11 is 6.46. The van der Waals surface area contributed by atoms with Crippen LogP contribution in [0.5, 0.6) is 11.5 Å². The van der Waals surface area contributed by atoms with Crippen LogP contribution < -0.4 is 25.8 Å². The lowest BCUT2D eigenvalue weighted by atomic mass is 10.2. The van der Waals surface area contributed by atoms with Crippen molar-refractivity contribution in [3.8, 4) is 11.5 Å². The summed E-state index contributed by atoms with van der Waals surface area (Å²) in [5.41, 5.74) is 9.12. The van der Waals surface area contributed by atoms with Crippen LogP contribution in [0, 0.1) is 0 Å². The fourth-order valence-electron chi connectivity index (χ4n) is 3.91. The number of nitrogens with two attached hydrogens (primary N) is 1. The highest BCUT2D eigenvalue weighted by atomic mass is 35.5. The Bertz CT molecular complexity index is 1320. The molecule has 36 heavy (non-hydrogen) atoms. The second-order valence-corrected chi connectivity index (χ2v) is 8.78. The van der Waals surface area contributed by atoms with E-state index in [2.05, 4.69) is 25.6 Å². The summed E-state index contributed by atoms with van der Waals surface area (Å²) in [5.74, 6) is 1.78. The number of benzene rings is 2. The summed E-state index contributed by atoms with van der Waals surface area (Å²) in [7, 11) is 0. The highest BCUT2D eigenvalue weighted by Crippen LogP contribution is 2.33. The molecule has 2 aromatic heterocycles. The first-order valence-corrected chi connectivity index (χ1v) is 12.1. The van der Waals surface area contributed by atoms with Gasteiger partial charge in [0.1, 0.15) is 30.3 Å². The molecule has 1 unspecified atom stereocenters. The number of ether oxygens (including phenoxy) is 3. The Labute approximate surface area is 214 Å². The van der Waals surface area contributed by atoms with Crippen LogP contribution in [0.25, 0.3) is 10.9 Å². The standard InChI is InChI=1S/C26H27ClN6O3/c27-21-11-17(4-5-24(21)36-15-18-3-1-2-7-29-18)33-26-20-12-22(28)25(13-23(20)31-16-32-26)35-9-6-19-14-34-10-8-30-19/h1-5,7,11-13,16,19,30H,6,8-10,14-15,28H2,(H,31,32,33). The number of pyridine rings is 1. The summed E-state index contributed by atoms with van der Waals surface area (Å²) in [4.78, 5) is 13.1. The third kappa shape index (κ3) is 5.93. The molecule has 0 bridgehead atoms. The van der Waals surface area contributed by atoms with Crippen LogP contribution in [0.3, 0.4) is 0 Å². The molecular weight excluding hydrogens is 480 g/mol. The highest BCUT2D eigenvalue weighted by Gasteiger charge is 2.14. The molecule has 0 aliphatic carbocycles. The van der Waals surface area contributed by atoms with Crippen LogP contribution in [0.4, 0.5) is 17.2 Å². The fourth-order valence-corrected chi connectivity index (χ4v) is 4.14. The van der Waals surface area contributed by atoms with E-state index in [-0.39, 0.29) is 6.04 Å². The number of hydrogen-bond donors (Lipinski definition) is 3. The van der Waals surface area contributed by atoms with Crippen molar-refractivity contribution in [2.45, 2.75) is 19.1 Å². The Morgan fingerprint density at radius 3 is 2.83 bits per heavy atom. The molecule has 1 aliphatic heterocycles. The first kappa shape index (κ1) is 24.1. The minimum absolute atomic E-state index is 0.289. The smallest absolute Gasteiger partial charge is 0.144 e. The molecule has 4 N–H and O–H groups in total. The van der Waals surface area contributed by atoms with E-state index in [0.29, 0.717) is 47.8 Å². The Hall–Kier alpha value is -3.66. The quantitative estimate of drug-likeness (QED) is 0.285. The molecule has 3 heterocycles. The van der Waals surface area contributed by atoms with Gasteiger partial charge in [0.05, 0.1) is 41.7 Å². The normalized spacial score (nSPS) is 15.5. The van der Waals surface area contributed by atoms with E-state index in [1.807, 2.05) is 42.5 Å². The van der Waals surface area contributed by atoms with Gasteiger partial charge in [0.15, 0.2) is 0 Å². The van der Waals surface area contributed by atoms with Gasteiger partial charge in [0.25, 0.3) is 0 Å².